The summed E-state index contributed by atoms with van der Waals surface area (Å²) in [5.41, 5.74) is 0.956. The highest BCUT2D eigenvalue weighted by molar-refractivity contribution is 6.03. The first-order valence-electron chi connectivity index (χ1n) is 7.07. The molecule has 1 aromatic carbocycles. The zero-order chi connectivity index (χ0) is 13.9. The van der Waals surface area contributed by atoms with Crippen LogP contribution in [0.3, 0.4) is 0 Å². The zero-order valence-electron chi connectivity index (χ0n) is 11.7. The van der Waals surface area contributed by atoms with Crippen molar-refractivity contribution in [2.24, 2.45) is 5.92 Å². The van der Waals surface area contributed by atoms with Gasteiger partial charge in [0, 0.05) is 12.7 Å². The lowest BCUT2D eigenvalue weighted by molar-refractivity contribution is -0.343. The smallest absolute Gasteiger partial charge is 0.232 e. The molecule has 4 rings (SSSR count). The Morgan fingerprint density at radius 2 is 1.95 bits per heavy atom. The van der Waals surface area contributed by atoms with Crippen molar-refractivity contribution in [3.8, 4) is 5.75 Å². The largest absolute Gasteiger partial charge is 0.497 e. The second-order valence-electron chi connectivity index (χ2n) is 5.76. The van der Waals surface area contributed by atoms with E-state index in [0.717, 1.165) is 24.3 Å². The molecule has 0 aromatic heterocycles. The third-order valence-corrected chi connectivity index (χ3v) is 4.83. The van der Waals surface area contributed by atoms with Gasteiger partial charge in [0.15, 0.2) is 0 Å². The monoisotopic (exact) mass is 274 g/mol. The number of carbonyl (C=O) groups excluding carboxylic acids is 1. The van der Waals surface area contributed by atoms with Crippen LogP contribution in [0.2, 0.25) is 0 Å². The fourth-order valence-electron chi connectivity index (χ4n) is 3.82. The molecule has 1 amide bonds. The minimum Gasteiger partial charge on any atom is -0.497 e. The molecule has 0 radical (unpaired) electrons. The summed E-state index contributed by atoms with van der Waals surface area (Å²) < 4.78 is 5.17. The summed E-state index contributed by atoms with van der Waals surface area (Å²) in [5.74, 6) is 1.23. The lowest BCUT2D eigenvalue weighted by Crippen LogP contribution is -2.77. The van der Waals surface area contributed by atoms with Crippen LogP contribution in [0.5, 0.6) is 5.75 Å². The predicted octanol–water partition coefficient (Wildman–Crippen LogP) is 1.43. The number of rotatable bonds is 2. The fourth-order valence-corrected chi connectivity index (χ4v) is 3.82. The highest BCUT2D eigenvalue weighted by atomic mass is 16.7. The molecule has 2 saturated heterocycles. The van der Waals surface area contributed by atoms with Gasteiger partial charge in [-0.2, -0.15) is 5.06 Å². The number of hydrogen-bond donors (Lipinski definition) is 0. The Balaban J connectivity index is 1.62. The molecule has 2 heterocycles. The van der Waals surface area contributed by atoms with Gasteiger partial charge >= 0.3 is 0 Å². The number of ether oxygens (including phenoxy) is 1. The molecule has 0 unspecified atom stereocenters. The number of anilines is 1. The van der Waals surface area contributed by atoms with Crippen LogP contribution in [0.25, 0.3) is 0 Å². The predicted molar refractivity (Wildman–Crippen MR) is 73.4 cm³/mol. The molecule has 3 aliphatic rings. The van der Waals surface area contributed by atoms with Gasteiger partial charge in [-0.05, 0) is 37.1 Å². The summed E-state index contributed by atoms with van der Waals surface area (Å²) in [4.78, 5) is 19.9. The SMILES string of the molecule is COc1ccc(N2C(=O)[C@H]3CC[C@@H]4ON(C)[C@@H]4[C@H]32)cc1. The van der Waals surface area contributed by atoms with Crippen LogP contribution in [0.4, 0.5) is 5.69 Å². The van der Waals surface area contributed by atoms with Crippen LogP contribution in [0, 0.1) is 5.92 Å². The first kappa shape index (κ1) is 12.2. The molecule has 1 aliphatic carbocycles. The Morgan fingerprint density at radius 3 is 2.60 bits per heavy atom. The van der Waals surface area contributed by atoms with Gasteiger partial charge in [0.25, 0.3) is 0 Å². The maximum absolute atomic E-state index is 12.4. The average molecular weight is 274 g/mol. The van der Waals surface area contributed by atoms with Gasteiger partial charge < -0.3 is 9.64 Å². The summed E-state index contributed by atoms with van der Waals surface area (Å²) in [6.07, 6.45) is 2.24. The van der Waals surface area contributed by atoms with Crippen LogP contribution >= 0.6 is 0 Å². The number of β-lactam (4-membered cyclic amide) rings is 1. The van der Waals surface area contributed by atoms with Crippen molar-refractivity contribution in [3.63, 3.8) is 0 Å². The Hall–Kier alpha value is -1.59. The lowest BCUT2D eigenvalue weighted by atomic mass is 9.70. The maximum Gasteiger partial charge on any atom is 0.232 e. The highest BCUT2D eigenvalue weighted by Crippen LogP contribution is 2.47. The Labute approximate surface area is 118 Å². The summed E-state index contributed by atoms with van der Waals surface area (Å²) in [6.45, 7) is 0. The first-order chi connectivity index (χ1) is 9.70. The van der Waals surface area contributed by atoms with Gasteiger partial charge in [-0.1, -0.05) is 0 Å². The zero-order valence-corrected chi connectivity index (χ0v) is 11.7. The molecule has 5 heteroatoms. The van der Waals surface area contributed by atoms with E-state index in [2.05, 4.69) is 0 Å². The quantitative estimate of drug-likeness (QED) is 0.765. The molecule has 4 atom stereocenters. The van der Waals surface area contributed by atoms with Gasteiger partial charge in [0.1, 0.15) is 5.75 Å². The van der Waals surface area contributed by atoms with E-state index < -0.39 is 0 Å². The second-order valence-corrected chi connectivity index (χ2v) is 5.76. The standard InChI is InChI=1S/C15H18N2O3/c1-16-14-12(20-16)8-7-11-13(14)17(15(11)18)9-3-5-10(19-2)6-4-9/h3-6,11-14H,7-8H2,1-2H3/t11-,12-,13-,14-/m0/s1. The van der Waals surface area contributed by atoms with Gasteiger partial charge in [-0.15, -0.1) is 0 Å². The molecular weight excluding hydrogens is 256 g/mol. The number of hydroxylamine groups is 2. The molecule has 1 saturated carbocycles. The van der Waals surface area contributed by atoms with Crippen molar-refractivity contribution in [3.05, 3.63) is 24.3 Å². The van der Waals surface area contributed by atoms with Crippen molar-refractivity contribution in [2.45, 2.75) is 31.0 Å². The normalized spacial score (nSPS) is 35.7. The van der Waals surface area contributed by atoms with E-state index in [1.54, 1.807) is 7.11 Å². The summed E-state index contributed by atoms with van der Waals surface area (Å²) >= 11 is 0. The topological polar surface area (TPSA) is 42.0 Å². The van der Waals surface area contributed by atoms with Crippen molar-refractivity contribution in [2.75, 3.05) is 19.1 Å². The number of carbonyl (C=O) groups is 1. The molecule has 2 aliphatic heterocycles. The third kappa shape index (κ3) is 1.47. The number of nitrogens with zero attached hydrogens (tertiary/aromatic N) is 2. The maximum atomic E-state index is 12.4. The fraction of sp³-hybridized carbons (Fsp3) is 0.533. The van der Waals surface area contributed by atoms with Crippen LogP contribution < -0.4 is 9.64 Å². The van der Waals surface area contributed by atoms with Gasteiger partial charge in [-0.25, -0.2) is 0 Å². The van der Waals surface area contributed by atoms with Gasteiger partial charge in [0.2, 0.25) is 5.91 Å². The first-order valence-corrected chi connectivity index (χ1v) is 7.07. The number of amides is 1. The number of benzene rings is 1. The molecule has 5 nitrogen and oxygen atoms in total. The molecule has 106 valence electrons. The number of methoxy groups -OCH3 is 1. The minimum atomic E-state index is 0.171. The summed E-state index contributed by atoms with van der Waals surface area (Å²) in [6, 6.07) is 8.31. The van der Waals surface area contributed by atoms with E-state index in [1.165, 1.54) is 0 Å². The van der Waals surface area contributed by atoms with Crippen LogP contribution in [-0.4, -0.2) is 43.3 Å². The minimum absolute atomic E-state index is 0.171. The molecule has 0 spiro atoms. The van der Waals surface area contributed by atoms with Gasteiger partial charge in [-0.3, -0.25) is 9.63 Å². The highest BCUT2D eigenvalue weighted by Gasteiger charge is 2.61. The molecule has 1 aromatic rings. The molecule has 3 fully saturated rings. The second kappa shape index (κ2) is 4.20. The number of likely N-dealkylation sites (N-methyl/N-ethyl adjacent to an activating group) is 1. The Bertz CT molecular complexity index is 545. The van der Waals surface area contributed by atoms with Gasteiger partial charge in [0.05, 0.1) is 31.2 Å². The van der Waals surface area contributed by atoms with Crippen LogP contribution in [0.15, 0.2) is 24.3 Å². The van der Waals surface area contributed by atoms with E-state index >= 15 is 0 Å². The van der Waals surface area contributed by atoms with E-state index in [0.29, 0.717) is 6.04 Å². The average Bonchev–Trinajstić information content (AvgIpc) is 2.46. The van der Waals surface area contributed by atoms with Crippen molar-refractivity contribution in [1.82, 2.24) is 5.06 Å². The van der Waals surface area contributed by atoms with Crippen molar-refractivity contribution in [1.29, 1.82) is 0 Å². The lowest BCUT2D eigenvalue weighted by Gasteiger charge is -2.61. The number of fused-ring (bicyclic) bond motifs is 3. The molecular formula is C15H18N2O3. The van der Waals surface area contributed by atoms with Crippen molar-refractivity contribution >= 4 is 11.6 Å². The van der Waals surface area contributed by atoms with Crippen LogP contribution in [-0.2, 0) is 9.63 Å². The number of hydrogen-bond acceptors (Lipinski definition) is 4. The molecule has 0 N–H and O–H groups in total. The Kier molecular flexibility index (Phi) is 2.56. The van der Waals surface area contributed by atoms with Crippen molar-refractivity contribution < 1.29 is 14.4 Å². The molecule has 20 heavy (non-hydrogen) atoms. The summed E-state index contributed by atoms with van der Waals surface area (Å²) in [5, 5.41) is 1.91. The summed E-state index contributed by atoms with van der Waals surface area (Å²) in [7, 11) is 3.60. The van der Waals surface area contributed by atoms with E-state index in [4.69, 9.17) is 9.57 Å². The van der Waals surface area contributed by atoms with E-state index in [1.807, 2.05) is 41.3 Å². The molecule has 0 bridgehead atoms. The van der Waals surface area contributed by atoms with Crippen LogP contribution in [0.1, 0.15) is 12.8 Å². The Morgan fingerprint density at radius 1 is 1.20 bits per heavy atom. The van der Waals surface area contributed by atoms with E-state index in [9.17, 15) is 4.79 Å². The third-order valence-electron chi connectivity index (χ3n) is 4.83. The van der Waals surface area contributed by atoms with E-state index in [-0.39, 0.29) is 24.0 Å².